The molecule has 0 saturated heterocycles. The summed E-state index contributed by atoms with van der Waals surface area (Å²) in [5.74, 6) is -0.399. The zero-order valence-corrected chi connectivity index (χ0v) is 10.9. The van der Waals surface area contributed by atoms with Crippen LogP contribution in [0.25, 0.3) is 0 Å². The number of carbonyl (C=O) groups is 3. The van der Waals surface area contributed by atoms with Crippen molar-refractivity contribution < 1.29 is 19.6 Å². The molecule has 0 unspecified atom stereocenters. The van der Waals surface area contributed by atoms with Crippen LogP contribution in [0, 0.1) is 0 Å². The molecule has 0 radical (unpaired) electrons. The first-order chi connectivity index (χ1) is 8.61. The molecule has 0 bridgehead atoms. The summed E-state index contributed by atoms with van der Waals surface area (Å²) in [7, 11) is 0. The van der Waals surface area contributed by atoms with E-state index in [9.17, 15) is 19.6 Å². The molecule has 18 heavy (non-hydrogen) atoms. The molecule has 0 heterocycles. The molecule has 6 heteroatoms. The van der Waals surface area contributed by atoms with Crippen LogP contribution in [-0.4, -0.2) is 41.5 Å². The van der Waals surface area contributed by atoms with E-state index in [1.165, 1.54) is 0 Å². The highest BCUT2D eigenvalue weighted by molar-refractivity contribution is 5.77. The summed E-state index contributed by atoms with van der Waals surface area (Å²) in [5.41, 5.74) is 0. The Morgan fingerprint density at radius 2 is 2.00 bits per heavy atom. The number of nitrogens with one attached hydrogen (secondary N) is 1. The third-order valence-corrected chi connectivity index (χ3v) is 2.45. The zero-order chi connectivity index (χ0) is 13.8. The third-order valence-electron chi connectivity index (χ3n) is 2.45. The molecule has 2 amide bonds. The van der Waals surface area contributed by atoms with Crippen molar-refractivity contribution in [3.8, 4) is 0 Å². The highest BCUT2D eigenvalue weighted by atomic mass is 16.5. The van der Waals surface area contributed by atoms with Gasteiger partial charge in [-0.15, -0.1) is 0 Å². The number of unbranched alkanes of at least 4 members (excludes halogenated alkanes) is 2. The van der Waals surface area contributed by atoms with Gasteiger partial charge in [-0.3, -0.25) is 14.8 Å². The first kappa shape index (κ1) is 16.6. The fourth-order valence-electron chi connectivity index (χ4n) is 1.35. The van der Waals surface area contributed by atoms with Crippen molar-refractivity contribution >= 4 is 18.1 Å². The number of nitrogens with zero attached hydrogens (tertiary/aromatic N) is 1. The topological polar surface area (TPSA) is 86.7 Å². The van der Waals surface area contributed by atoms with E-state index in [1.54, 1.807) is 6.92 Å². The molecule has 2 N–H and O–H groups in total. The Balaban J connectivity index is 3.45. The Hall–Kier alpha value is -1.43. The maximum absolute atomic E-state index is 11.2. The minimum Gasteiger partial charge on any atom is -0.356 e. The normalized spacial score (nSPS) is 9.89. The van der Waals surface area contributed by atoms with Gasteiger partial charge >= 0.3 is 0 Å². The molecule has 0 aromatic rings. The summed E-state index contributed by atoms with van der Waals surface area (Å²) >= 11 is 0. The molecule has 0 rings (SSSR count). The molecule has 0 fully saturated rings. The van der Waals surface area contributed by atoms with Gasteiger partial charge in [-0.2, -0.15) is 0 Å². The van der Waals surface area contributed by atoms with Gasteiger partial charge in [0.05, 0.1) is 0 Å². The van der Waals surface area contributed by atoms with E-state index in [-0.39, 0.29) is 25.3 Å². The largest absolute Gasteiger partial charge is 0.356 e. The first-order valence-corrected chi connectivity index (χ1v) is 6.31. The first-order valence-electron chi connectivity index (χ1n) is 6.31. The van der Waals surface area contributed by atoms with Crippen LogP contribution in [0.5, 0.6) is 0 Å². The Kier molecular flexibility index (Phi) is 9.86. The average Bonchev–Trinajstić information content (AvgIpc) is 2.39. The SMILES string of the molecule is CCC(=O)NCCCCCN(O)C(=O)CCC=O. The van der Waals surface area contributed by atoms with Crippen LogP contribution in [0.4, 0.5) is 0 Å². The highest BCUT2D eigenvalue weighted by Gasteiger charge is 2.09. The maximum Gasteiger partial charge on any atom is 0.246 e. The van der Waals surface area contributed by atoms with Gasteiger partial charge in [0.15, 0.2) is 0 Å². The lowest BCUT2D eigenvalue weighted by Crippen LogP contribution is -2.28. The van der Waals surface area contributed by atoms with E-state index in [1.807, 2.05) is 0 Å². The van der Waals surface area contributed by atoms with Crippen LogP contribution in [0.15, 0.2) is 0 Å². The van der Waals surface area contributed by atoms with E-state index in [4.69, 9.17) is 0 Å². The molecule has 0 saturated carbocycles. The molecule has 0 aliphatic carbocycles. The predicted molar refractivity (Wildman–Crippen MR) is 65.9 cm³/mol. The van der Waals surface area contributed by atoms with Gasteiger partial charge in [0.2, 0.25) is 11.8 Å². The third kappa shape index (κ3) is 8.69. The van der Waals surface area contributed by atoms with Gasteiger partial charge in [0.25, 0.3) is 0 Å². The van der Waals surface area contributed by atoms with Crippen molar-refractivity contribution in [3.63, 3.8) is 0 Å². The van der Waals surface area contributed by atoms with Crippen molar-refractivity contribution in [2.45, 2.75) is 45.4 Å². The number of aldehydes is 1. The van der Waals surface area contributed by atoms with Crippen molar-refractivity contribution in [1.29, 1.82) is 0 Å². The van der Waals surface area contributed by atoms with Crippen LogP contribution in [-0.2, 0) is 14.4 Å². The highest BCUT2D eigenvalue weighted by Crippen LogP contribution is 1.99. The summed E-state index contributed by atoms with van der Waals surface area (Å²) in [6.45, 7) is 2.68. The Bertz CT molecular complexity index is 269. The van der Waals surface area contributed by atoms with Gasteiger partial charge in [0.1, 0.15) is 6.29 Å². The monoisotopic (exact) mass is 258 g/mol. The number of hydroxylamine groups is 2. The van der Waals surface area contributed by atoms with Crippen molar-refractivity contribution in [2.75, 3.05) is 13.1 Å². The number of hydrogen-bond acceptors (Lipinski definition) is 4. The van der Waals surface area contributed by atoms with Crippen molar-refractivity contribution in [1.82, 2.24) is 10.4 Å². The predicted octanol–water partition coefficient (Wildman–Crippen LogP) is 0.880. The van der Waals surface area contributed by atoms with Crippen molar-refractivity contribution in [3.05, 3.63) is 0 Å². The fourth-order valence-corrected chi connectivity index (χ4v) is 1.35. The lowest BCUT2D eigenvalue weighted by Gasteiger charge is -2.14. The molecule has 0 aromatic carbocycles. The molecular weight excluding hydrogens is 236 g/mol. The lowest BCUT2D eigenvalue weighted by molar-refractivity contribution is -0.165. The molecule has 0 aromatic heterocycles. The smallest absolute Gasteiger partial charge is 0.246 e. The van der Waals surface area contributed by atoms with E-state index in [0.717, 1.165) is 12.8 Å². The second-order valence-corrected chi connectivity index (χ2v) is 3.99. The van der Waals surface area contributed by atoms with Crippen molar-refractivity contribution in [2.24, 2.45) is 0 Å². The van der Waals surface area contributed by atoms with Gasteiger partial charge in [-0.25, -0.2) is 5.06 Å². The van der Waals surface area contributed by atoms with Crippen LogP contribution in [0.2, 0.25) is 0 Å². The Morgan fingerprint density at radius 1 is 1.28 bits per heavy atom. The summed E-state index contributed by atoms with van der Waals surface area (Å²) in [5, 5.41) is 12.7. The summed E-state index contributed by atoms with van der Waals surface area (Å²) in [6, 6.07) is 0. The van der Waals surface area contributed by atoms with Crippen LogP contribution >= 0.6 is 0 Å². The Labute approximate surface area is 107 Å². The standard InChI is InChI=1S/C12H22N2O4/c1-2-11(16)13-8-4-3-5-9-14(18)12(17)7-6-10-15/h10,18H,2-9H2,1H3,(H,13,16). The molecule has 104 valence electrons. The molecule has 0 spiro atoms. The van der Waals surface area contributed by atoms with E-state index in [0.29, 0.717) is 30.7 Å². The molecular formula is C12H22N2O4. The lowest BCUT2D eigenvalue weighted by atomic mass is 10.2. The van der Waals surface area contributed by atoms with Crippen LogP contribution in [0.1, 0.15) is 45.4 Å². The number of rotatable bonds is 10. The second-order valence-electron chi connectivity index (χ2n) is 3.99. The second kappa shape index (κ2) is 10.7. The molecule has 0 aliphatic heterocycles. The van der Waals surface area contributed by atoms with Crippen LogP contribution < -0.4 is 5.32 Å². The summed E-state index contributed by atoms with van der Waals surface area (Å²) in [6.07, 6.45) is 3.64. The van der Waals surface area contributed by atoms with Gasteiger partial charge in [-0.05, 0) is 19.3 Å². The Morgan fingerprint density at radius 3 is 2.61 bits per heavy atom. The van der Waals surface area contributed by atoms with Gasteiger partial charge in [-0.1, -0.05) is 6.92 Å². The summed E-state index contributed by atoms with van der Waals surface area (Å²) in [4.78, 5) is 32.2. The average molecular weight is 258 g/mol. The van der Waals surface area contributed by atoms with Gasteiger partial charge in [0, 0.05) is 32.4 Å². The van der Waals surface area contributed by atoms with Gasteiger partial charge < -0.3 is 10.1 Å². The van der Waals surface area contributed by atoms with E-state index >= 15 is 0 Å². The molecule has 0 aliphatic rings. The quantitative estimate of drug-likeness (QED) is 0.263. The fraction of sp³-hybridized carbons (Fsp3) is 0.750. The van der Waals surface area contributed by atoms with Crippen LogP contribution in [0.3, 0.4) is 0 Å². The number of carbonyl (C=O) groups excluding carboxylic acids is 3. The summed E-state index contributed by atoms with van der Waals surface area (Å²) < 4.78 is 0. The molecule has 6 nitrogen and oxygen atoms in total. The van der Waals surface area contributed by atoms with E-state index in [2.05, 4.69) is 5.32 Å². The number of hydrogen-bond donors (Lipinski definition) is 2. The maximum atomic E-state index is 11.2. The minimum atomic E-state index is -0.429. The zero-order valence-electron chi connectivity index (χ0n) is 10.9. The van der Waals surface area contributed by atoms with E-state index < -0.39 is 5.91 Å². The minimum absolute atomic E-state index is 0.0304. The number of amides is 2. The molecule has 0 atom stereocenters.